The number of amides is 2. The molecule has 8 heteroatoms. The van der Waals surface area contributed by atoms with Gasteiger partial charge in [-0.15, -0.1) is 0 Å². The normalized spacial score (nSPS) is 16.5. The van der Waals surface area contributed by atoms with Crippen molar-refractivity contribution >= 4 is 28.4 Å². The Labute approximate surface area is 158 Å². The monoisotopic (exact) mass is 387 g/mol. The first-order chi connectivity index (χ1) is 13.4. The van der Waals surface area contributed by atoms with Crippen LogP contribution in [0.1, 0.15) is 16.8 Å². The van der Waals surface area contributed by atoms with E-state index in [0.29, 0.717) is 18.5 Å². The lowest BCUT2D eigenvalue weighted by molar-refractivity contribution is -0.119. The SMILES string of the molecule is O=C(Nc1cc(F)c(F)c(F)c1)[C@H]1CCN(C(=O)c2cccc3cc[nH]c23)C1. The highest BCUT2D eigenvalue weighted by atomic mass is 19.2. The molecule has 2 aromatic carbocycles. The fourth-order valence-electron chi connectivity index (χ4n) is 3.46. The van der Waals surface area contributed by atoms with E-state index >= 15 is 0 Å². The maximum absolute atomic E-state index is 13.3. The van der Waals surface area contributed by atoms with Crippen molar-refractivity contribution in [3.63, 3.8) is 0 Å². The average Bonchev–Trinajstić information content (AvgIpc) is 3.34. The predicted octanol–water partition coefficient (Wildman–Crippen LogP) is 3.69. The van der Waals surface area contributed by atoms with Crippen molar-refractivity contribution in [2.24, 2.45) is 5.92 Å². The number of likely N-dealkylation sites (tertiary alicyclic amines) is 1. The minimum Gasteiger partial charge on any atom is -0.361 e. The second kappa shape index (κ2) is 7.03. The number of rotatable bonds is 3. The number of benzene rings is 2. The molecule has 1 fully saturated rings. The van der Waals surface area contributed by atoms with E-state index in [1.54, 1.807) is 23.2 Å². The number of nitrogens with zero attached hydrogens (tertiary/aromatic N) is 1. The number of hydrogen-bond acceptors (Lipinski definition) is 2. The predicted molar refractivity (Wildman–Crippen MR) is 97.3 cm³/mol. The largest absolute Gasteiger partial charge is 0.361 e. The molecule has 2 heterocycles. The van der Waals surface area contributed by atoms with Gasteiger partial charge in [0.2, 0.25) is 5.91 Å². The third-order valence-electron chi connectivity index (χ3n) is 4.92. The molecule has 28 heavy (non-hydrogen) atoms. The van der Waals surface area contributed by atoms with E-state index in [-0.39, 0.29) is 18.1 Å². The molecule has 1 aliphatic heterocycles. The van der Waals surface area contributed by atoms with Gasteiger partial charge < -0.3 is 15.2 Å². The first kappa shape index (κ1) is 18.1. The van der Waals surface area contributed by atoms with Crippen molar-refractivity contribution in [3.8, 4) is 0 Å². The van der Waals surface area contributed by atoms with Crippen molar-refractivity contribution in [1.82, 2.24) is 9.88 Å². The third kappa shape index (κ3) is 3.21. The van der Waals surface area contributed by atoms with Crippen molar-refractivity contribution in [2.75, 3.05) is 18.4 Å². The number of para-hydroxylation sites is 1. The van der Waals surface area contributed by atoms with Gasteiger partial charge in [0, 0.05) is 42.5 Å². The number of anilines is 1. The van der Waals surface area contributed by atoms with Crippen molar-refractivity contribution in [3.05, 3.63) is 65.6 Å². The summed E-state index contributed by atoms with van der Waals surface area (Å²) in [7, 11) is 0. The molecule has 0 saturated carbocycles. The summed E-state index contributed by atoms with van der Waals surface area (Å²) in [5.41, 5.74) is 1.09. The van der Waals surface area contributed by atoms with Crippen molar-refractivity contribution in [2.45, 2.75) is 6.42 Å². The average molecular weight is 387 g/mol. The van der Waals surface area contributed by atoms with Gasteiger partial charge in [0.1, 0.15) is 0 Å². The summed E-state index contributed by atoms with van der Waals surface area (Å²) >= 11 is 0. The number of hydrogen-bond donors (Lipinski definition) is 2. The second-order valence-electron chi connectivity index (χ2n) is 6.73. The van der Waals surface area contributed by atoms with Crippen molar-refractivity contribution in [1.29, 1.82) is 0 Å². The Morgan fingerprint density at radius 2 is 1.86 bits per heavy atom. The quantitative estimate of drug-likeness (QED) is 0.674. The lowest BCUT2D eigenvalue weighted by Crippen LogP contribution is -2.31. The highest BCUT2D eigenvalue weighted by molar-refractivity contribution is 6.06. The molecule has 0 bridgehead atoms. The summed E-state index contributed by atoms with van der Waals surface area (Å²) in [6.07, 6.45) is 2.17. The molecule has 0 spiro atoms. The van der Waals surface area contributed by atoms with Gasteiger partial charge >= 0.3 is 0 Å². The maximum Gasteiger partial charge on any atom is 0.256 e. The number of aromatic amines is 1. The Morgan fingerprint density at radius 3 is 2.61 bits per heavy atom. The molecule has 5 nitrogen and oxygen atoms in total. The molecule has 1 aromatic heterocycles. The molecule has 1 atom stereocenters. The van der Waals surface area contributed by atoms with Crippen LogP contribution in [0.15, 0.2) is 42.6 Å². The lowest BCUT2D eigenvalue weighted by Gasteiger charge is -2.17. The molecule has 1 aliphatic rings. The molecule has 1 saturated heterocycles. The summed E-state index contributed by atoms with van der Waals surface area (Å²) in [5.74, 6) is -5.53. The van der Waals surface area contributed by atoms with Crippen LogP contribution >= 0.6 is 0 Å². The zero-order valence-corrected chi connectivity index (χ0v) is 14.6. The van der Waals surface area contributed by atoms with Crippen LogP contribution in [0.3, 0.4) is 0 Å². The molecule has 0 unspecified atom stereocenters. The minimum absolute atomic E-state index is 0.165. The third-order valence-corrected chi connectivity index (χ3v) is 4.92. The molecule has 4 rings (SSSR count). The van der Waals surface area contributed by atoms with Gasteiger partial charge in [-0.1, -0.05) is 12.1 Å². The fraction of sp³-hybridized carbons (Fsp3) is 0.200. The first-order valence-electron chi connectivity index (χ1n) is 8.75. The molecular formula is C20H16F3N3O2. The van der Waals surface area contributed by atoms with E-state index in [0.717, 1.165) is 23.0 Å². The lowest BCUT2D eigenvalue weighted by atomic mass is 10.1. The summed E-state index contributed by atoms with van der Waals surface area (Å²) in [4.78, 5) is 29.9. The van der Waals surface area contributed by atoms with Gasteiger partial charge in [-0.3, -0.25) is 9.59 Å². The minimum atomic E-state index is -1.59. The Hall–Kier alpha value is -3.29. The van der Waals surface area contributed by atoms with E-state index < -0.39 is 29.3 Å². The number of halogens is 3. The fourth-order valence-corrected chi connectivity index (χ4v) is 3.46. The number of nitrogens with one attached hydrogen (secondary N) is 2. The molecule has 2 amide bonds. The number of carbonyl (C=O) groups excluding carboxylic acids is 2. The first-order valence-corrected chi connectivity index (χ1v) is 8.75. The van der Waals surface area contributed by atoms with Crippen LogP contribution in [0.2, 0.25) is 0 Å². The standard InChI is InChI=1S/C20H16F3N3O2/c21-15-8-13(9-16(22)17(15)23)25-19(27)12-5-7-26(10-12)20(28)14-3-1-2-11-4-6-24-18(11)14/h1-4,6,8-9,12,24H,5,7,10H2,(H,25,27)/t12-/m0/s1. The summed E-state index contributed by atoms with van der Waals surface area (Å²) in [6, 6.07) is 8.72. The Balaban J connectivity index is 1.46. The number of aromatic nitrogens is 1. The molecular weight excluding hydrogens is 371 g/mol. The van der Waals surface area contributed by atoms with Gasteiger partial charge in [-0.05, 0) is 18.6 Å². The van der Waals surface area contributed by atoms with Crippen LogP contribution in [0.4, 0.5) is 18.9 Å². The molecule has 2 N–H and O–H groups in total. The van der Waals surface area contributed by atoms with Gasteiger partial charge in [-0.2, -0.15) is 0 Å². The summed E-state index contributed by atoms with van der Waals surface area (Å²) in [5, 5.41) is 3.30. The molecule has 3 aromatic rings. The zero-order valence-electron chi connectivity index (χ0n) is 14.6. The number of fused-ring (bicyclic) bond motifs is 1. The van der Waals surface area contributed by atoms with E-state index in [4.69, 9.17) is 0 Å². The second-order valence-corrected chi connectivity index (χ2v) is 6.73. The van der Waals surface area contributed by atoms with Crippen LogP contribution in [0.5, 0.6) is 0 Å². The Morgan fingerprint density at radius 1 is 1.11 bits per heavy atom. The van der Waals surface area contributed by atoms with Crippen LogP contribution in [0, 0.1) is 23.4 Å². The van der Waals surface area contributed by atoms with Crippen molar-refractivity contribution < 1.29 is 22.8 Å². The van der Waals surface area contributed by atoms with E-state index in [2.05, 4.69) is 10.3 Å². The molecule has 0 radical (unpaired) electrons. The van der Waals surface area contributed by atoms with Gasteiger partial charge in [0.15, 0.2) is 17.5 Å². The van der Waals surface area contributed by atoms with Crippen LogP contribution < -0.4 is 5.32 Å². The van der Waals surface area contributed by atoms with E-state index in [1.165, 1.54) is 0 Å². The molecule has 144 valence electrons. The van der Waals surface area contributed by atoms with Gasteiger partial charge in [0.25, 0.3) is 5.91 Å². The Kier molecular flexibility index (Phi) is 4.54. The number of carbonyl (C=O) groups is 2. The van der Waals surface area contributed by atoms with Gasteiger partial charge in [-0.25, -0.2) is 13.2 Å². The summed E-state index contributed by atoms with van der Waals surface area (Å²) < 4.78 is 39.6. The topological polar surface area (TPSA) is 65.2 Å². The van der Waals surface area contributed by atoms with Gasteiger partial charge in [0.05, 0.1) is 17.0 Å². The molecule has 0 aliphatic carbocycles. The highest BCUT2D eigenvalue weighted by Gasteiger charge is 2.32. The highest BCUT2D eigenvalue weighted by Crippen LogP contribution is 2.25. The smallest absolute Gasteiger partial charge is 0.256 e. The van der Waals surface area contributed by atoms with Crippen LogP contribution in [0.25, 0.3) is 10.9 Å². The van der Waals surface area contributed by atoms with E-state index in [1.807, 2.05) is 12.1 Å². The van der Waals surface area contributed by atoms with Crippen LogP contribution in [-0.2, 0) is 4.79 Å². The van der Waals surface area contributed by atoms with E-state index in [9.17, 15) is 22.8 Å². The zero-order chi connectivity index (χ0) is 19.8. The maximum atomic E-state index is 13.3. The Bertz CT molecular complexity index is 1060. The summed E-state index contributed by atoms with van der Waals surface area (Å²) in [6.45, 7) is 0.577. The number of H-pyrrole nitrogens is 1. The van der Waals surface area contributed by atoms with Crippen LogP contribution in [-0.4, -0.2) is 34.8 Å².